The van der Waals surface area contributed by atoms with Crippen molar-refractivity contribution in [1.82, 2.24) is 15.3 Å². The van der Waals surface area contributed by atoms with Crippen LogP contribution in [0.3, 0.4) is 0 Å². The van der Waals surface area contributed by atoms with E-state index in [0.29, 0.717) is 0 Å². The number of fused-ring (bicyclic) bond motifs is 1. The average molecular weight is 364 g/mol. The number of aromatic nitrogens is 2. The fourth-order valence-corrected chi connectivity index (χ4v) is 3.91. The number of nitrogens with one attached hydrogen (secondary N) is 2. The molecule has 2 unspecified atom stereocenters. The Kier molecular flexibility index (Phi) is 4.16. The van der Waals surface area contributed by atoms with E-state index < -0.39 is 0 Å². The lowest BCUT2D eigenvalue weighted by molar-refractivity contribution is 0.605. The number of nitriles is 1. The Morgan fingerprint density at radius 2 is 1.64 bits per heavy atom. The lowest BCUT2D eigenvalue weighted by Crippen LogP contribution is -2.14. The van der Waals surface area contributed by atoms with Gasteiger partial charge in [0.25, 0.3) is 0 Å². The molecular formula is C24H20N4. The summed E-state index contributed by atoms with van der Waals surface area (Å²) in [5, 5.41) is 14.9. The first-order valence-electron chi connectivity index (χ1n) is 9.58. The summed E-state index contributed by atoms with van der Waals surface area (Å²) >= 11 is 0. The van der Waals surface area contributed by atoms with Crippen molar-refractivity contribution in [2.45, 2.75) is 12.5 Å². The monoisotopic (exact) mass is 364 g/mol. The summed E-state index contributed by atoms with van der Waals surface area (Å²) in [5.41, 5.74) is 4.53. The van der Waals surface area contributed by atoms with E-state index >= 15 is 0 Å². The highest BCUT2D eigenvalue weighted by Gasteiger charge is 2.27. The zero-order chi connectivity index (χ0) is 18.9. The van der Waals surface area contributed by atoms with Gasteiger partial charge in [-0.15, -0.1) is 0 Å². The Morgan fingerprint density at radius 1 is 0.893 bits per heavy atom. The topological polar surface area (TPSA) is 64.5 Å². The molecule has 0 bridgehead atoms. The summed E-state index contributed by atoms with van der Waals surface area (Å²) in [4.78, 5) is 7.95. The number of hydrogen-bond donors (Lipinski definition) is 2. The fraction of sp³-hybridized carbons (Fsp3) is 0.167. The van der Waals surface area contributed by atoms with Crippen LogP contribution in [0.15, 0.2) is 72.9 Å². The van der Waals surface area contributed by atoms with Crippen LogP contribution in [0.25, 0.3) is 33.2 Å². The maximum atomic E-state index is 9.07. The third-order valence-corrected chi connectivity index (χ3v) is 5.52. The first-order valence-corrected chi connectivity index (χ1v) is 9.58. The molecule has 0 amide bonds. The Bertz CT molecular complexity index is 1170. The third kappa shape index (κ3) is 3.06. The Labute approximate surface area is 163 Å². The predicted octanol–water partition coefficient (Wildman–Crippen LogP) is 5.07. The Hall–Kier alpha value is -3.42. The van der Waals surface area contributed by atoms with E-state index in [-0.39, 0.29) is 12.0 Å². The van der Waals surface area contributed by atoms with Crippen LogP contribution in [0.4, 0.5) is 0 Å². The SMILES string of the molecule is N#CC1CNC(c2ncc(-c3ccc(-c4ccc5ccccc5c4)cc3)[nH]2)C1. The smallest absolute Gasteiger partial charge is 0.123 e. The molecule has 1 saturated heterocycles. The van der Waals surface area contributed by atoms with Crippen LogP contribution < -0.4 is 5.32 Å². The molecule has 3 aromatic carbocycles. The molecule has 0 radical (unpaired) electrons. The molecule has 2 N–H and O–H groups in total. The lowest BCUT2D eigenvalue weighted by Gasteiger charge is -2.07. The van der Waals surface area contributed by atoms with Gasteiger partial charge >= 0.3 is 0 Å². The van der Waals surface area contributed by atoms with Gasteiger partial charge in [0, 0.05) is 6.54 Å². The molecule has 0 aliphatic carbocycles. The minimum absolute atomic E-state index is 0.0692. The van der Waals surface area contributed by atoms with Gasteiger partial charge in [-0.3, -0.25) is 0 Å². The average Bonchev–Trinajstić information content (AvgIpc) is 3.43. The van der Waals surface area contributed by atoms with Crippen molar-refractivity contribution in [2.24, 2.45) is 5.92 Å². The molecule has 2 atom stereocenters. The number of H-pyrrole nitrogens is 1. The van der Waals surface area contributed by atoms with E-state index in [9.17, 15) is 0 Å². The van der Waals surface area contributed by atoms with Crippen molar-refractivity contribution < 1.29 is 0 Å². The van der Waals surface area contributed by atoms with Crippen LogP contribution in [-0.4, -0.2) is 16.5 Å². The van der Waals surface area contributed by atoms with E-state index in [4.69, 9.17) is 5.26 Å². The van der Waals surface area contributed by atoms with E-state index in [2.05, 4.69) is 88.1 Å². The quantitative estimate of drug-likeness (QED) is 0.533. The van der Waals surface area contributed by atoms with Crippen molar-refractivity contribution in [2.75, 3.05) is 6.54 Å². The maximum Gasteiger partial charge on any atom is 0.123 e. The summed E-state index contributed by atoms with van der Waals surface area (Å²) in [7, 11) is 0. The minimum Gasteiger partial charge on any atom is -0.341 e. The summed E-state index contributed by atoms with van der Waals surface area (Å²) in [5.74, 6) is 0.978. The molecule has 28 heavy (non-hydrogen) atoms. The van der Waals surface area contributed by atoms with Crippen molar-refractivity contribution in [3.05, 3.63) is 78.8 Å². The van der Waals surface area contributed by atoms with Crippen molar-refractivity contribution in [3.8, 4) is 28.5 Å². The summed E-state index contributed by atoms with van der Waals surface area (Å²) in [6.45, 7) is 0.734. The minimum atomic E-state index is 0.0692. The van der Waals surface area contributed by atoms with Gasteiger partial charge in [-0.05, 0) is 39.9 Å². The third-order valence-electron chi connectivity index (χ3n) is 5.52. The molecule has 4 aromatic rings. The van der Waals surface area contributed by atoms with Gasteiger partial charge in [0.2, 0.25) is 0 Å². The second-order valence-corrected chi connectivity index (χ2v) is 7.34. The van der Waals surface area contributed by atoms with Gasteiger partial charge in [0.05, 0.1) is 29.9 Å². The van der Waals surface area contributed by atoms with Crippen LogP contribution in [0, 0.1) is 17.2 Å². The second-order valence-electron chi connectivity index (χ2n) is 7.34. The van der Waals surface area contributed by atoms with Gasteiger partial charge in [-0.25, -0.2) is 4.98 Å². The number of rotatable bonds is 3. The molecule has 1 aliphatic rings. The number of aromatic amines is 1. The molecular weight excluding hydrogens is 344 g/mol. The molecule has 2 heterocycles. The number of hydrogen-bond acceptors (Lipinski definition) is 3. The molecule has 0 spiro atoms. The molecule has 136 valence electrons. The zero-order valence-electron chi connectivity index (χ0n) is 15.4. The highest BCUT2D eigenvalue weighted by molar-refractivity contribution is 5.87. The largest absolute Gasteiger partial charge is 0.341 e. The van der Waals surface area contributed by atoms with Crippen molar-refractivity contribution >= 4 is 10.8 Å². The molecule has 1 aromatic heterocycles. The van der Waals surface area contributed by atoms with Gasteiger partial charge in [0.15, 0.2) is 0 Å². The number of nitrogens with zero attached hydrogens (tertiary/aromatic N) is 2. The Morgan fingerprint density at radius 3 is 2.43 bits per heavy atom. The van der Waals surface area contributed by atoms with Crippen molar-refractivity contribution in [3.63, 3.8) is 0 Å². The molecule has 4 nitrogen and oxygen atoms in total. The van der Waals surface area contributed by atoms with E-state index in [1.807, 2.05) is 6.20 Å². The molecule has 1 fully saturated rings. The van der Waals surface area contributed by atoms with Crippen LogP contribution in [0.1, 0.15) is 18.3 Å². The standard InChI is InChI=1S/C24H20N4/c25-13-16-11-22(26-14-16)24-27-15-23(28-24)19-8-5-18(6-9-19)21-10-7-17-3-1-2-4-20(17)12-21/h1-10,12,15-16,22,26H,11,14H2,(H,27,28). The molecule has 0 saturated carbocycles. The van der Waals surface area contributed by atoms with E-state index in [1.54, 1.807) is 0 Å². The zero-order valence-corrected chi connectivity index (χ0v) is 15.4. The summed E-state index contributed by atoms with van der Waals surface area (Å²) in [6, 6.07) is 26.0. The van der Waals surface area contributed by atoms with E-state index in [0.717, 1.165) is 30.0 Å². The van der Waals surface area contributed by atoms with Gasteiger partial charge in [-0.2, -0.15) is 5.26 Å². The van der Waals surface area contributed by atoms with Gasteiger partial charge in [0.1, 0.15) is 5.82 Å². The summed E-state index contributed by atoms with van der Waals surface area (Å²) in [6.07, 6.45) is 2.69. The number of benzene rings is 3. The lowest BCUT2D eigenvalue weighted by atomic mass is 10.00. The maximum absolute atomic E-state index is 9.07. The molecule has 1 aliphatic heterocycles. The van der Waals surface area contributed by atoms with Crippen LogP contribution in [-0.2, 0) is 0 Å². The van der Waals surface area contributed by atoms with Crippen LogP contribution >= 0.6 is 0 Å². The second kappa shape index (κ2) is 6.95. The molecule has 4 heteroatoms. The summed E-state index contributed by atoms with van der Waals surface area (Å²) < 4.78 is 0. The number of imidazole rings is 1. The predicted molar refractivity (Wildman–Crippen MR) is 111 cm³/mol. The van der Waals surface area contributed by atoms with Crippen LogP contribution in [0.2, 0.25) is 0 Å². The van der Waals surface area contributed by atoms with Gasteiger partial charge < -0.3 is 10.3 Å². The first kappa shape index (κ1) is 16.7. The van der Waals surface area contributed by atoms with Gasteiger partial charge in [-0.1, -0.05) is 60.7 Å². The van der Waals surface area contributed by atoms with Crippen LogP contribution in [0.5, 0.6) is 0 Å². The Balaban J connectivity index is 1.38. The van der Waals surface area contributed by atoms with E-state index in [1.165, 1.54) is 21.9 Å². The highest BCUT2D eigenvalue weighted by Crippen LogP contribution is 2.29. The highest BCUT2D eigenvalue weighted by atomic mass is 15.0. The van der Waals surface area contributed by atoms with Crippen molar-refractivity contribution in [1.29, 1.82) is 5.26 Å². The normalized spacial score (nSPS) is 19.0. The molecule has 5 rings (SSSR count). The fourth-order valence-electron chi connectivity index (χ4n) is 3.91. The first-order chi connectivity index (χ1) is 13.8.